The predicted octanol–water partition coefficient (Wildman–Crippen LogP) is 1.46. The minimum absolute atomic E-state index is 0.129. The molecule has 1 heterocycles. The number of benzene rings is 1. The molecular formula is C15H14NO4S3-. The van der Waals surface area contributed by atoms with E-state index in [-0.39, 0.29) is 16.5 Å². The van der Waals surface area contributed by atoms with E-state index in [4.69, 9.17) is 12.2 Å². The summed E-state index contributed by atoms with van der Waals surface area (Å²) in [5.74, 6) is -1.01. The summed E-state index contributed by atoms with van der Waals surface area (Å²) >= 11 is 7.73. The lowest BCUT2D eigenvalue weighted by molar-refractivity contribution is -0.310. The van der Waals surface area contributed by atoms with Crippen molar-refractivity contribution in [3.63, 3.8) is 0 Å². The van der Waals surface area contributed by atoms with E-state index in [1.165, 1.54) is 23.9 Å². The van der Waals surface area contributed by atoms with Crippen LogP contribution in [-0.4, -0.2) is 44.3 Å². The zero-order valence-corrected chi connectivity index (χ0v) is 14.7. The van der Waals surface area contributed by atoms with Crippen molar-refractivity contribution >= 4 is 58.0 Å². The van der Waals surface area contributed by atoms with Gasteiger partial charge in [0.15, 0.2) is 0 Å². The van der Waals surface area contributed by atoms with E-state index in [1.54, 1.807) is 18.2 Å². The Bertz CT molecular complexity index is 657. The average molecular weight is 368 g/mol. The van der Waals surface area contributed by atoms with Gasteiger partial charge in [-0.2, -0.15) is 11.8 Å². The number of nitrogens with zero attached hydrogens (tertiary/aromatic N) is 1. The quantitative estimate of drug-likeness (QED) is 0.601. The molecule has 1 atom stereocenters. The first kappa shape index (κ1) is 17.8. The second-order valence-electron chi connectivity index (χ2n) is 4.76. The Labute approximate surface area is 147 Å². The number of carboxylic acids is 1. The Balaban J connectivity index is 2.24. The van der Waals surface area contributed by atoms with Crippen LogP contribution in [0, 0.1) is 0 Å². The zero-order valence-electron chi connectivity index (χ0n) is 12.2. The van der Waals surface area contributed by atoms with Crippen LogP contribution in [0.15, 0.2) is 29.2 Å². The van der Waals surface area contributed by atoms with Crippen molar-refractivity contribution in [2.75, 3.05) is 12.0 Å². The SMILES string of the molecule is CSCCC(C(=O)[O-])N1C(=O)C(=Cc2ccc(O)cc2)SC1=S. The standard InChI is InChI=1S/C15H15NO4S3/c1-22-7-6-11(14(19)20)16-13(18)12(23-15(16)21)8-9-2-4-10(17)5-3-9/h2-5,8,11,17H,6-7H2,1H3,(H,19,20)/p-1. The molecule has 1 amide bonds. The van der Waals surface area contributed by atoms with Crippen molar-refractivity contribution in [2.24, 2.45) is 0 Å². The van der Waals surface area contributed by atoms with Gasteiger partial charge in [-0.25, -0.2) is 0 Å². The lowest BCUT2D eigenvalue weighted by Crippen LogP contribution is -2.50. The number of amides is 1. The molecule has 122 valence electrons. The van der Waals surface area contributed by atoms with Crippen molar-refractivity contribution in [2.45, 2.75) is 12.5 Å². The van der Waals surface area contributed by atoms with Crippen molar-refractivity contribution in [1.29, 1.82) is 0 Å². The molecule has 0 spiro atoms. The van der Waals surface area contributed by atoms with Gasteiger partial charge in [0.1, 0.15) is 10.1 Å². The number of thiocarbonyl (C=S) groups is 1. The summed E-state index contributed by atoms with van der Waals surface area (Å²) in [6, 6.07) is 5.28. The third-order valence-electron chi connectivity index (χ3n) is 3.19. The Morgan fingerprint density at radius 1 is 1.48 bits per heavy atom. The summed E-state index contributed by atoms with van der Waals surface area (Å²) < 4.78 is 0.218. The van der Waals surface area contributed by atoms with E-state index in [1.807, 2.05) is 6.26 Å². The molecule has 1 aliphatic heterocycles. The van der Waals surface area contributed by atoms with E-state index in [0.717, 1.165) is 22.2 Å². The Kier molecular flexibility index (Phi) is 6.09. The first-order valence-corrected chi connectivity index (χ1v) is 9.31. The molecule has 1 saturated heterocycles. The molecule has 8 heteroatoms. The number of carbonyl (C=O) groups is 2. The van der Waals surface area contributed by atoms with Gasteiger partial charge in [0.05, 0.1) is 16.9 Å². The molecule has 1 aromatic rings. The van der Waals surface area contributed by atoms with Crippen LogP contribution in [0.3, 0.4) is 0 Å². The number of aliphatic carboxylic acids is 1. The summed E-state index contributed by atoms with van der Waals surface area (Å²) in [7, 11) is 0. The molecule has 0 radical (unpaired) electrons. The van der Waals surface area contributed by atoms with Crippen LogP contribution in [0.4, 0.5) is 0 Å². The highest BCUT2D eigenvalue weighted by Crippen LogP contribution is 2.34. The van der Waals surface area contributed by atoms with E-state index >= 15 is 0 Å². The predicted molar refractivity (Wildman–Crippen MR) is 94.9 cm³/mol. The monoisotopic (exact) mass is 368 g/mol. The van der Waals surface area contributed by atoms with Gasteiger partial charge < -0.3 is 15.0 Å². The van der Waals surface area contributed by atoms with Crippen LogP contribution in [0.25, 0.3) is 6.08 Å². The van der Waals surface area contributed by atoms with Gasteiger partial charge in [0, 0.05) is 0 Å². The summed E-state index contributed by atoms with van der Waals surface area (Å²) in [5.41, 5.74) is 0.720. The number of carboxylic acid groups (broad SMARTS) is 1. The van der Waals surface area contributed by atoms with Crippen molar-refractivity contribution in [3.8, 4) is 5.75 Å². The summed E-state index contributed by atoms with van der Waals surface area (Å²) in [6.45, 7) is 0. The van der Waals surface area contributed by atoms with Crippen molar-refractivity contribution < 1.29 is 19.8 Å². The Morgan fingerprint density at radius 3 is 2.70 bits per heavy atom. The van der Waals surface area contributed by atoms with E-state index in [9.17, 15) is 19.8 Å². The number of hydrogen-bond donors (Lipinski definition) is 1. The minimum Gasteiger partial charge on any atom is -0.548 e. The number of rotatable bonds is 6. The smallest absolute Gasteiger partial charge is 0.266 e. The molecule has 0 aromatic heterocycles. The van der Waals surface area contributed by atoms with Crippen molar-refractivity contribution in [1.82, 2.24) is 4.90 Å². The second kappa shape index (κ2) is 7.85. The van der Waals surface area contributed by atoms with Gasteiger partial charge in [-0.3, -0.25) is 9.69 Å². The molecule has 1 unspecified atom stereocenters. The van der Waals surface area contributed by atoms with Crippen molar-refractivity contribution in [3.05, 3.63) is 34.7 Å². The van der Waals surface area contributed by atoms with Crippen LogP contribution in [0.2, 0.25) is 0 Å². The fraction of sp³-hybridized carbons (Fsp3) is 0.267. The van der Waals surface area contributed by atoms with Gasteiger partial charge in [-0.1, -0.05) is 36.1 Å². The molecular weight excluding hydrogens is 354 g/mol. The number of phenols is 1. The first-order chi connectivity index (χ1) is 10.9. The van der Waals surface area contributed by atoms with Crippen LogP contribution >= 0.6 is 35.7 Å². The van der Waals surface area contributed by atoms with E-state index in [2.05, 4.69) is 0 Å². The maximum Gasteiger partial charge on any atom is 0.266 e. The number of thioether (sulfide) groups is 2. The molecule has 2 rings (SSSR count). The van der Waals surface area contributed by atoms with Crippen LogP contribution in [-0.2, 0) is 9.59 Å². The topological polar surface area (TPSA) is 80.7 Å². The maximum absolute atomic E-state index is 12.5. The number of phenolic OH excluding ortho intramolecular Hbond substituents is 1. The summed E-state index contributed by atoms with van der Waals surface area (Å²) in [6.07, 6.45) is 3.77. The van der Waals surface area contributed by atoms with Gasteiger partial charge >= 0.3 is 0 Å². The van der Waals surface area contributed by atoms with Gasteiger partial charge in [0.2, 0.25) is 0 Å². The third-order valence-corrected chi connectivity index (χ3v) is 5.17. The lowest BCUT2D eigenvalue weighted by Gasteiger charge is -2.27. The summed E-state index contributed by atoms with van der Waals surface area (Å²) in [5, 5.41) is 20.6. The maximum atomic E-state index is 12.5. The normalized spacial score (nSPS) is 17.8. The van der Waals surface area contributed by atoms with Gasteiger partial charge in [0.25, 0.3) is 5.91 Å². The molecule has 1 aliphatic rings. The highest BCUT2D eigenvalue weighted by molar-refractivity contribution is 8.26. The molecule has 23 heavy (non-hydrogen) atoms. The second-order valence-corrected chi connectivity index (χ2v) is 7.42. The zero-order chi connectivity index (χ0) is 17.0. The fourth-order valence-electron chi connectivity index (χ4n) is 2.05. The molecule has 0 saturated carbocycles. The molecule has 1 N–H and O–H groups in total. The molecule has 0 aliphatic carbocycles. The average Bonchev–Trinajstić information content (AvgIpc) is 2.77. The largest absolute Gasteiger partial charge is 0.548 e. The Hall–Kier alpha value is -1.51. The van der Waals surface area contributed by atoms with Gasteiger partial charge in [-0.15, -0.1) is 0 Å². The fourth-order valence-corrected chi connectivity index (χ4v) is 3.87. The van der Waals surface area contributed by atoms with E-state index in [0.29, 0.717) is 10.7 Å². The van der Waals surface area contributed by atoms with Crippen LogP contribution < -0.4 is 5.11 Å². The number of aromatic hydroxyl groups is 1. The third kappa shape index (κ3) is 4.27. The summed E-state index contributed by atoms with van der Waals surface area (Å²) in [4.78, 5) is 25.3. The lowest BCUT2D eigenvalue weighted by atomic mass is 10.1. The van der Waals surface area contributed by atoms with Crippen LogP contribution in [0.1, 0.15) is 12.0 Å². The molecule has 1 aromatic carbocycles. The number of carbonyl (C=O) groups excluding carboxylic acids is 2. The highest BCUT2D eigenvalue weighted by atomic mass is 32.2. The van der Waals surface area contributed by atoms with E-state index < -0.39 is 17.9 Å². The van der Waals surface area contributed by atoms with Crippen LogP contribution in [0.5, 0.6) is 5.75 Å². The molecule has 5 nitrogen and oxygen atoms in total. The minimum atomic E-state index is -1.30. The molecule has 1 fully saturated rings. The number of hydrogen-bond acceptors (Lipinski definition) is 7. The Morgan fingerprint density at radius 2 is 2.13 bits per heavy atom. The first-order valence-electron chi connectivity index (χ1n) is 6.70. The van der Waals surface area contributed by atoms with Gasteiger partial charge in [-0.05, 0) is 42.2 Å². The highest BCUT2D eigenvalue weighted by Gasteiger charge is 2.37. The molecule has 0 bridgehead atoms.